The molecular formula is C16H32O3S2. The van der Waals surface area contributed by atoms with Crippen LogP contribution in [0.15, 0.2) is 0 Å². The Morgan fingerprint density at radius 2 is 1.52 bits per heavy atom. The van der Waals surface area contributed by atoms with Gasteiger partial charge in [0.25, 0.3) is 0 Å². The summed E-state index contributed by atoms with van der Waals surface area (Å²) in [6.07, 6.45) is 6.63. The van der Waals surface area contributed by atoms with Crippen molar-refractivity contribution < 1.29 is 14.2 Å². The highest BCUT2D eigenvalue weighted by Crippen LogP contribution is 2.19. The van der Waals surface area contributed by atoms with Crippen LogP contribution in [-0.4, -0.2) is 62.1 Å². The van der Waals surface area contributed by atoms with Gasteiger partial charge in [-0.2, -0.15) is 23.5 Å². The summed E-state index contributed by atoms with van der Waals surface area (Å²) in [6.45, 7) is 7.13. The van der Waals surface area contributed by atoms with E-state index in [1.165, 1.54) is 32.1 Å². The van der Waals surface area contributed by atoms with Gasteiger partial charge >= 0.3 is 0 Å². The van der Waals surface area contributed by atoms with Crippen molar-refractivity contribution in [2.45, 2.75) is 44.3 Å². The molecule has 21 heavy (non-hydrogen) atoms. The Kier molecular flexibility index (Phi) is 14.5. The van der Waals surface area contributed by atoms with Crippen molar-refractivity contribution in [3.05, 3.63) is 0 Å². The molecule has 0 radical (unpaired) electrons. The van der Waals surface area contributed by atoms with Crippen LogP contribution >= 0.6 is 23.5 Å². The Hall–Kier alpha value is 0.580. The Balaban J connectivity index is 2.20. The zero-order valence-electron chi connectivity index (χ0n) is 13.5. The standard InChI is InChI=1S/C16H32O3S2/c1-2-3-4-5-6-16-15-19-10-13-20-12-9-17-7-8-18-11-14-21-16/h16H,2-15H2,1H3. The lowest BCUT2D eigenvalue weighted by molar-refractivity contribution is 0.0605. The second-order valence-corrected chi connectivity index (χ2v) is 7.89. The lowest BCUT2D eigenvalue weighted by Crippen LogP contribution is -2.15. The van der Waals surface area contributed by atoms with E-state index in [-0.39, 0.29) is 0 Å². The van der Waals surface area contributed by atoms with Crippen LogP contribution in [0.2, 0.25) is 0 Å². The van der Waals surface area contributed by atoms with Gasteiger partial charge in [-0.3, -0.25) is 0 Å². The van der Waals surface area contributed by atoms with Crippen LogP contribution in [0.1, 0.15) is 39.0 Å². The maximum atomic E-state index is 5.86. The fourth-order valence-corrected chi connectivity index (χ4v) is 3.91. The maximum absolute atomic E-state index is 5.86. The van der Waals surface area contributed by atoms with Crippen LogP contribution in [0.4, 0.5) is 0 Å². The van der Waals surface area contributed by atoms with Gasteiger partial charge in [-0.25, -0.2) is 0 Å². The van der Waals surface area contributed by atoms with Gasteiger partial charge in [-0.05, 0) is 6.42 Å². The van der Waals surface area contributed by atoms with E-state index < -0.39 is 0 Å². The van der Waals surface area contributed by atoms with Crippen LogP contribution in [0.3, 0.4) is 0 Å². The van der Waals surface area contributed by atoms with Crippen molar-refractivity contribution in [3.8, 4) is 0 Å². The third-order valence-electron chi connectivity index (χ3n) is 3.38. The van der Waals surface area contributed by atoms with Gasteiger partial charge < -0.3 is 14.2 Å². The lowest BCUT2D eigenvalue weighted by Gasteiger charge is -2.17. The summed E-state index contributed by atoms with van der Waals surface area (Å²) >= 11 is 3.93. The topological polar surface area (TPSA) is 27.7 Å². The summed E-state index contributed by atoms with van der Waals surface area (Å²) < 4.78 is 17.0. The minimum atomic E-state index is 0.636. The molecule has 1 aliphatic heterocycles. The van der Waals surface area contributed by atoms with E-state index in [0.29, 0.717) is 5.25 Å². The summed E-state index contributed by atoms with van der Waals surface area (Å²) in [7, 11) is 0. The molecule has 3 nitrogen and oxygen atoms in total. The molecule has 0 aliphatic carbocycles. The van der Waals surface area contributed by atoms with Gasteiger partial charge in [0, 0.05) is 22.5 Å². The molecule has 1 atom stereocenters. The van der Waals surface area contributed by atoms with Crippen LogP contribution in [0.5, 0.6) is 0 Å². The Labute approximate surface area is 139 Å². The quantitative estimate of drug-likeness (QED) is 0.711. The molecule has 0 spiro atoms. The van der Waals surface area contributed by atoms with Crippen LogP contribution in [-0.2, 0) is 14.2 Å². The van der Waals surface area contributed by atoms with E-state index in [1.54, 1.807) is 0 Å². The molecule has 0 N–H and O–H groups in total. The second kappa shape index (κ2) is 15.5. The third kappa shape index (κ3) is 12.8. The number of rotatable bonds is 5. The van der Waals surface area contributed by atoms with E-state index >= 15 is 0 Å². The van der Waals surface area contributed by atoms with Crippen molar-refractivity contribution >= 4 is 23.5 Å². The molecule has 0 aromatic heterocycles. The van der Waals surface area contributed by atoms with Crippen molar-refractivity contribution in [1.82, 2.24) is 0 Å². The summed E-state index contributed by atoms with van der Waals surface area (Å²) in [6, 6.07) is 0. The molecular weight excluding hydrogens is 304 g/mol. The number of hydrogen-bond acceptors (Lipinski definition) is 5. The minimum Gasteiger partial charge on any atom is -0.379 e. The van der Waals surface area contributed by atoms with Crippen LogP contribution < -0.4 is 0 Å². The Bertz CT molecular complexity index is 202. The van der Waals surface area contributed by atoms with E-state index in [0.717, 1.165) is 56.9 Å². The van der Waals surface area contributed by atoms with Gasteiger partial charge in [0.2, 0.25) is 0 Å². The van der Waals surface area contributed by atoms with Crippen molar-refractivity contribution in [1.29, 1.82) is 0 Å². The smallest absolute Gasteiger partial charge is 0.0700 e. The van der Waals surface area contributed by atoms with Gasteiger partial charge in [0.1, 0.15) is 0 Å². The highest BCUT2D eigenvalue weighted by molar-refractivity contribution is 8.00. The molecule has 1 saturated heterocycles. The van der Waals surface area contributed by atoms with Crippen LogP contribution in [0.25, 0.3) is 0 Å². The molecule has 1 unspecified atom stereocenters. The highest BCUT2D eigenvalue weighted by atomic mass is 32.2. The molecule has 0 amide bonds. The first-order valence-corrected chi connectivity index (χ1v) is 10.6. The van der Waals surface area contributed by atoms with E-state index in [4.69, 9.17) is 14.2 Å². The average Bonchev–Trinajstić information content (AvgIpc) is 2.51. The fourth-order valence-electron chi connectivity index (χ4n) is 2.16. The number of hydrogen-bond donors (Lipinski definition) is 0. The largest absolute Gasteiger partial charge is 0.379 e. The molecule has 0 saturated carbocycles. The Morgan fingerprint density at radius 1 is 0.810 bits per heavy atom. The lowest BCUT2D eigenvalue weighted by atomic mass is 10.1. The summed E-state index contributed by atoms with van der Waals surface area (Å²) in [4.78, 5) is 0. The monoisotopic (exact) mass is 336 g/mol. The molecule has 0 aromatic carbocycles. The van der Waals surface area contributed by atoms with Gasteiger partial charge in [0.05, 0.1) is 39.6 Å². The molecule has 1 heterocycles. The molecule has 5 heteroatoms. The minimum absolute atomic E-state index is 0.636. The Morgan fingerprint density at radius 3 is 2.29 bits per heavy atom. The second-order valence-electron chi connectivity index (χ2n) is 5.25. The predicted molar refractivity (Wildman–Crippen MR) is 94.8 cm³/mol. The molecule has 0 aromatic rings. The normalized spacial score (nSPS) is 24.1. The average molecular weight is 337 g/mol. The fraction of sp³-hybridized carbons (Fsp3) is 1.00. The first kappa shape index (κ1) is 19.6. The van der Waals surface area contributed by atoms with Gasteiger partial charge in [-0.1, -0.05) is 32.6 Å². The van der Waals surface area contributed by atoms with E-state index in [2.05, 4.69) is 6.92 Å². The molecule has 1 fully saturated rings. The zero-order valence-corrected chi connectivity index (χ0v) is 15.2. The van der Waals surface area contributed by atoms with E-state index in [9.17, 15) is 0 Å². The molecule has 0 bridgehead atoms. The predicted octanol–water partition coefficient (Wildman–Crippen LogP) is 3.86. The van der Waals surface area contributed by atoms with E-state index in [1.807, 2.05) is 23.5 Å². The number of thioether (sulfide) groups is 2. The highest BCUT2D eigenvalue weighted by Gasteiger charge is 2.10. The summed E-state index contributed by atoms with van der Waals surface area (Å²) in [5.41, 5.74) is 0. The summed E-state index contributed by atoms with van der Waals surface area (Å²) in [5.74, 6) is 3.20. The number of ether oxygens (including phenoxy) is 3. The van der Waals surface area contributed by atoms with Crippen LogP contribution in [0, 0.1) is 0 Å². The summed E-state index contributed by atoms with van der Waals surface area (Å²) in [5, 5.41) is 0.636. The number of unbranched alkanes of at least 4 members (excludes halogenated alkanes) is 3. The zero-order chi connectivity index (χ0) is 15.0. The first-order valence-electron chi connectivity index (χ1n) is 8.36. The SMILES string of the molecule is CCCCCCC1COCCSCCOCCOCCS1. The molecule has 126 valence electrons. The maximum Gasteiger partial charge on any atom is 0.0700 e. The third-order valence-corrected chi connectivity index (χ3v) is 5.54. The van der Waals surface area contributed by atoms with Gasteiger partial charge in [0.15, 0.2) is 0 Å². The van der Waals surface area contributed by atoms with Crippen molar-refractivity contribution in [2.75, 3.05) is 56.9 Å². The van der Waals surface area contributed by atoms with Crippen molar-refractivity contribution in [2.24, 2.45) is 0 Å². The van der Waals surface area contributed by atoms with Gasteiger partial charge in [-0.15, -0.1) is 0 Å². The molecule has 1 aliphatic rings. The van der Waals surface area contributed by atoms with Crippen molar-refractivity contribution in [3.63, 3.8) is 0 Å². The molecule has 1 rings (SSSR count). The first-order chi connectivity index (χ1) is 10.4.